The van der Waals surface area contributed by atoms with Gasteiger partial charge in [0.2, 0.25) is 6.54 Å². The monoisotopic (exact) mass is 1500 g/mol. The number of halogens is 4. The summed E-state index contributed by atoms with van der Waals surface area (Å²) in [6, 6.07) is 8.23. The molecule has 0 spiro atoms. The Morgan fingerprint density at radius 1 is 0.624 bits per heavy atom. The summed E-state index contributed by atoms with van der Waals surface area (Å²) in [5.41, 5.74) is 4.45. The molecule has 6 aliphatic heterocycles. The number of hydrogen-bond donors (Lipinski definition) is 6. The summed E-state index contributed by atoms with van der Waals surface area (Å²) in [6.07, 6.45) is -21.3. The maximum absolute atomic E-state index is 16.6. The zero-order chi connectivity index (χ0) is 70.2. The van der Waals surface area contributed by atoms with Crippen LogP contribution >= 0.6 is 15.6 Å². The fourth-order valence-electron chi connectivity index (χ4n) is 11.5. The van der Waals surface area contributed by atoms with Crippen molar-refractivity contribution in [2.45, 2.75) is 98.4 Å². The second-order valence-electron chi connectivity index (χ2n) is 22.2. The van der Waals surface area contributed by atoms with Gasteiger partial charge in [0.1, 0.15) is 61.4 Å². The summed E-state index contributed by atoms with van der Waals surface area (Å²) in [7, 11) is -20.2. The van der Waals surface area contributed by atoms with Crippen LogP contribution < -0.4 is 66.1 Å². The van der Waals surface area contributed by atoms with Gasteiger partial charge in [-0.15, -0.1) is 0 Å². The topological polar surface area (TPSA) is 525 Å². The van der Waals surface area contributed by atoms with E-state index in [2.05, 4.69) is 74.7 Å². The van der Waals surface area contributed by atoms with E-state index >= 15 is 17.6 Å². The number of nitrogen functional groups attached to an aromatic ring is 1. The predicted octanol–water partition coefficient (Wildman–Crippen LogP) is -3.52. The first-order valence-electron chi connectivity index (χ1n) is 29.2. The van der Waals surface area contributed by atoms with E-state index in [-0.39, 0.29) is 92.4 Å². The summed E-state index contributed by atoms with van der Waals surface area (Å²) in [5.74, 6) is -0.547. The molecule has 0 saturated carbocycles. The van der Waals surface area contributed by atoms with Gasteiger partial charge in [0.25, 0.3) is 24.8 Å². The number of nitrogens with zero attached hydrogens (tertiary/aromatic N) is 15. The number of carbonyl (C=O) groups is 1. The smallest absolute Gasteiger partial charge is 0.756 e. The number of rotatable bonds is 9. The molecule has 9 aromatic rings. The molecule has 530 valence electrons. The van der Waals surface area contributed by atoms with Crippen LogP contribution in [0.25, 0.3) is 49.5 Å². The van der Waals surface area contributed by atoms with E-state index in [0.29, 0.717) is 5.56 Å². The maximum atomic E-state index is 16.6. The van der Waals surface area contributed by atoms with Crippen LogP contribution in [-0.2, 0) is 79.7 Å². The van der Waals surface area contributed by atoms with Gasteiger partial charge in [0.05, 0.1) is 51.2 Å². The van der Waals surface area contributed by atoms with Gasteiger partial charge in [0.15, 0.2) is 113 Å². The third-order valence-electron chi connectivity index (χ3n) is 16.0. The molecule has 14 heterocycles. The molecule has 18 atom stereocenters. The molecule has 6 fully saturated rings. The Morgan fingerprint density at radius 3 is 1.63 bits per heavy atom. The molecule has 7 N–H and O–H groups in total. The molecule has 8 aromatic heterocycles. The minimum atomic E-state index is -5.42. The average Bonchev–Trinajstić information content (AvgIpc) is 1.63. The number of anilines is 2. The molecule has 6 aliphatic rings. The second-order valence-corrected chi connectivity index (χ2v) is 27.9. The number of aromatic nitrogens is 16. The number of fused-ring (bicyclic) bond motifs is 10. The van der Waals surface area contributed by atoms with Gasteiger partial charge in [-0.25, -0.2) is 86.9 Å². The van der Waals surface area contributed by atoms with Crippen molar-refractivity contribution in [2.75, 3.05) is 50.5 Å². The maximum Gasteiger partial charge on any atom is 1.00 e. The van der Waals surface area contributed by atoms with Crippen molar-refractivity contribution in [3.05, 3.63) is 119 Å². The van der Waals surface area contributed by atoms with Gasteiger partial charge in [-0.3, -0.25) is 50.8 Å². The number of ether oxygens (including phenoxy) is 4. The quantitative estimate of drug-likeness (QED) is 0.0268. The van der Waals surface area contributed by atoms with E-state index in [9.17, 15) is 45.2 Å². The normalized spacial score (nSPS) is 32.6. The summed E-state index contributed by atoms with van der Waals surface area (Å²) < 4.78 is 212. The number of imidazole rings is 4. The van der Waals surface area contributed by atoms with Gasteiger partial charge in [-0.2, -0.15) is 26.3 Å². The Bertz CT molecular complexity index is 5130. The molecule has 2 unspecified atom stereocenters. The number of carbonyl (C=O) groups excluding carboxylic acids is 1. The van der Waals surface area contributed by atoms with Crippen molar-refractivity contribution in [3.8, 4) is 0 Å². The fraction of sp³-hybridized carbons (Fsp3) is 0.440. The molecule has 1 aromatic carbocycles. The number of nitrogens with two attached hydrogens (primary N) is 1. The van der Waals surface area contributed by atoms with E-state index in [0.717, 1.165) is 68.9 Å². The van der Waals surface area contributed by atoms with Crippen molar-refractivity contribution in [1.29, 1.82) is 0 Å². The van der Waals surface area contributed by atoms with Crippen molar-refractivity contribution >= 4 is 98.5 Å². The Balaban J connectivity index is 0.000000184. The Hall–Kier alpha value is -7.70. The summed E-state index contributed by atoms with van der Waals surface area (Å²) >= 11 is 0. The SMILES string of the molecule is Nc1ncnc2c1ncn2[C@@H]1O[C@@H]2CNS(=O)(=O)O[C@@H]3[C@H](F)[C@@H](COP(=O)([O-])O[C@H]2[C@H]1F)O[C@H]3n1cnc2c(=O)[nH]cnc21.[C-]#[N+]CCOP1(=O)OC[C@H]2O[C@@H](n3cnc4c(=O)[nH]cnc43)[C@H](OS(=O)(=O)NC[C@H]3O[C@@H](n4cnc5c(NC(=O)c6ccccc6)ncnc54)[C@H](F)[C@@H]3O1)[C@@H]2F.[Na+]. The first-order chi connectivity index (χ1) is 47.9. The Morgan fingerprint density at radius 2 is 1.09 bits per heavy atom. The summed E-state index contributed by atoms with van der Waals surface area (Å²) in [5, 5.41) is 2.63. The number of phosphoric acid groups is 2. The van der Waals surface area contributed by atoms with Crippen LogP contribution in [0.4, 0.5) is 29.2 Å². The first kappa shape index (κ1) is 71.7. The van der Waals surface area contributed by atoms with E-state index in [1.165, 1.54) is 0 Å². The van der Waals surface area contributed by atoms with Crippen LogP contribution in [0.15, 0.2) is 90.5 Å². The van der Waals surface area contributed by atoms with Gasteiger partial charge in [-0.1, -0.05) is 18.2 Å². The van der Waals surface area contributed by atoms with E-state index < -0.39 is 185 Å². The van der Waals surface area contributed by atoms with Gasteiger partial charge in [0, 0.05) is 18.7 Å². The number of H-pyrrole nitrogens is 2. The van der Waals surface area contributed by atoms with Crippen LogP contribution in [0.3, 0.4) is 0 Å². The minimum absolute atomic E-state index is 0. The molecule has 4 bridgehead atoms. The number of aromatic amines is 2. The number of amides is 1. The number of phosphoric ester groups is 2. The molecule has 42 nitrogen and oxygen atoms in total. The van der Waals surface area contributed by atoms with Crippen LogP contribution in [0.2, 0.25) is 0 Å². The van der Waals surface area contributed by atoms with Gasteiger partial charge < -0.3 is 58.8 Å². The summed E-state index contributed by atoms with van der Waals surface area (Å²) in [4.78, 5) is 98.0. The van der Waals surface area contributed by atoms with E-state index in [1.54, 1.807) is 30.3 Å². The van der Waals surface area contributed by atoms with Crippen molar-refractivity contribution < 1.29 is 133 Å². The Labute approximate surface area is 583 Å². The standard InChI is InChI=1S/C30H28F2N11O11PS.C20H21F2N10O10PS.Na/c1-33-7-8-49-55(46)50-10-17-18(31)23(30(52-17)43-14-39-21-26(43)36-12-37-28(21)45)54-56(47,48)40-9-16-22(53-55)19(32)29(51-16)42-13-38-20-24(34-11-35-25(20)42)41-27(44)15-5-3-2-4-6-15;21-9-8-2-38-43(34,35)41-13-7(39-19(10(13)22)31-5-28-11-15(23)24-3-25-16(11)31)1-30-44(36,37)42-14(9)20(40-8)32-6-29-12-17(32)26-4-27-18(12)33;/h2-6,11-14,16-19,22-23,29-30,40H,7-10H2,(H,36,37,45)(H,34,35,41,44);3-10,13-14,19-20,30H,1-2H2,(H,34,35)(H2,23,24,25)(H,26,27,33);/q;;+1/p-1/t16-,17-,18-,19-,22-,23-,29-,30-,55?;7-,8-,9-,10-,13-,14-,19-,20-;/m11./s1. The zero-order valence-electron chi connectivity index (χ0n) is 51.1. The molecule has 101 heavy (non-hydrogen) atoms. The average molecular weight is 1500 g/mol. The van der Waals surface area contributed by atoms with E-state index in [4.69, 9.17) is 62.2 Å². The molecule has 1 amide bonds. The molecule has 15 rings (SSSR count). The largest absolute Gasteiger partial charge is 1.00 e. The Kier molecular flexibility index (Phi) is 20.2. The number of nitrogens with one attached hydrogen (secondary N) is 5. The third kappa shape index (κ3) is 14.2. The molecule has 0 aliphatic carbocycles. The summed E-state index contributed by atoms with van der Waals surface area (Å²) in [6.45, 7) is 2.71. The molecule has 0 radical (unpaired) electrons. The first-order valence-corrected chi connectivity index (χ1v) is 35.0. The van der Waals surface area contributed by atoms with E-state index in [1.807, 2.05) is 4.72 Å². The second kappa shape index (κ2) is 28.5. The fourth-order valence-corrected chi connectivity index (χ4v) is 15.6. The molecular weight excluding hydrogens is 1460 g/mol. The van der Waals surface area contributed by atoms with Crippen molar-refractivity contribution in [1.82, 2.24) is 87.5 Å². The third-order valence-corrected chi connectivity index (χ3v) is 20.5. The van der Waals surface area contributed by atoms with Gasteiger partial charge in [-0.05, 0) is 12.1 Å². The van der Waals surface area contributed by atoms with Crippen LogP contribution in [0.5, 0.6) is 0 Å². The van der Waals surface area contributed by atoms with Crippen molar-refractivity contribution in [2.24, 2.45) is 0 Å². The van der Waals surface area contributed by atoms with Gasteiger partial charge >= 0.3 is 58.0 Å². The zero-order valence-corrected chi connectivity index (χ0v) is 56.5. The minimum Gasteiger partial charge on any atom is -0.756 e. The molecule has 6 saturated heterocycles. The van der Waals surface area contributed by atoms with Crippen LogP contribution in [0, 0.1) is 6.57 Å². The molecule has 51 heteroatoms. The van der Waals surface area contributed by atoms with Crippen LogP contribution in [-0.4, -0.2) is 214 Å². The van der Waals surface area contributed by atoms with Crippen molar-refractivity contribution in [3.63, 3.8) is 0 Å². The number of alkyl halides is 4. The number of hydrogen-bond acceptors (Lipinski definition) is 32. The predicted molar refractivity (Wildman–Crippen MR) is 319 cm³/mol. The van der Waals surface area contributed by atoms with Crippen LogP contribution in [0.1, 0.15) is 35.3 Å². The molecular formula is C50H48F4N21NaO21P2S2. The number of benzene rings is 1.